The average Bonchev–Trinajstić information content (AvgIpc) is 2.62. The predicted octanol–water partition coefficient (Wildman–Crippen LogP) is 2.97. The minimum Gasteiger partial charge on any atom is -0.326 e. The van der Waals surface area contributed by atoms with Gasteiger partial charge in [0.15, 0.2) is 0 Å². The van der Waals surface area contributed by atoms with Crippen LogP contribution in [0.15, 0.2) is 52.5 Å². The number of aryl methyl sites for hydroxylation is 1. The van der Waals surface area contributed by atoms with Gasteiger partial charge in [-0.1, -0.05) is 17.7 Å². The summed E-state index contributed by atoms with van der Waals surface area (Å²) in [4.78, 5) is 35.2. The van der Waals surface area contributed by atoms with Crippen molar-refractivity contribution in [3.8, 4) is 0 Å². The number of hydrazone groups is 1. The van der Waals surface area contributed by atoms with E-state index < -0.39 is 5.91 Å². The Morgan fingerprint density at radius 1 is 1.21 bits per heavy atom. The number of carbonyl (C=O) groups is 3. The van der Waals surface area contributed by atoms with Gasteiger partial charge in [0.1, 0.15) is 0 Å². The Balaban J connectivity index is 1.88. The summed E-state index contributed by atoms with van der Waals surface area (Å²) in [5.41, 5.74) is 8.18. The predicted molar refractivity (Wildman–Crippen MR) is 109 cm³/mol. The number of nitrogens with one attached hydrogen (secondary N) is 3. The van der Waals surface area contributed by atoms with Crippen molar-refractivity contribution in [3.63, 3.8) is 0 Å². The number of hydrogen-bond donors (Lipinski definition) is 3. The highest BCUT2D eigenvalue weighted by molar-refractivity contribution is 6.30. The van der Waals surface area contributed by atoms with Gasteiger partial charge in [0.05, 0.1) is 12.0 Å². The molecule has 3 N–H and O–H groups in total. The molecule has 0 fully saturated rings. The van der Waals surface area contributed by atoms with Crippen LogP contribution in [-0.2, 0) is 14.4 Å². The third-order valence-corrected chi connectivity index (χ3v) is 3.98. The third kappa shape index (κ3) is 6.54. The molecule has 0 radical (unpaired) electrons. The molecule has 0 unspecified atom stereocenters. The van der Waals surface area contributed by atoms with E-state index in [1.165, 1.54) is 13.0 Å². The van der Waals surface area contributed by atoms with Crippen LogP contribution >= 0.6 is 11.6 Å². The van der Waals surface area contributed by atoms with Gasteiger partial charge in [0, 0.05) is 41.5 Å². The number of halogens is 1. The Morgan fingerprint density at radius 3 is 2.57 bits per heavy atom. The summed E-state index contributed by atoms with van der Waals surface area (Å²) in [6.45, 7) is 4.90. The summed E-state index contributed by atoms with van der Waals surface area (Å²) in [5, 5.41) is 9.96. The Morgan fingerprint density at radius 2 is 1.96 bits per heavy atom. The van der Waals surface area contributed by atoms with Crippen LogP contribution < -0.4 is 16.1 Å². The first-order chi connectivity index (χ1) is 13.2. The number of anilines is 1. The van der Waals surface area contributed by atoms with Gasteiger partial charge in [-0.25, -0.2) is 5.43 Å². The second-order valence-corrected chi connectivity index (χ2v) is 6.72. The maximum absolute atomic E-state index is 12.1. The van der Waals surface area contributed by atoms with E-state index in [0.29, 0.717) is 34.1 Å². The zero-order valence-electron chi connectivity index (χ0n) is 15.9. The van der Waals surface area contributed by atoms with Gasteiger partial charge in [-0.05, 0) is 37.6 Å². The summed E-state index contributed by atoms with van der Waals surface area (Å²) >= 11 is 5.90. The zero-order valence-corrected chi connectivity index (χ0v) is 16.6. The molecule has 0 spiro atoms. The molecule has 0 saturated carbocycles. The fourth-order valence-electron chi connectivity index (χ4n) is 2.39. The lowest BCUT2D eigenvalue weighted by Crippen LogP contribution is -2.24. The molecular formula is C20H21ClN4O3. The Bertz CT molecular complexity index is 941. The molecule has 0 atom stereocenters. The quantitative estimate of drug-likeness (QED) is 0.389. The molecule has 8 heteroatoms. The summed E-state index contributed by atoms with van der Waals surface area (Å²) in [6, 6.07) is 5.19. The van der Waals surface area contributed by atoms with Crippen molar-refractivity contribution >= 4 is 40.7 Å². The molecule has 2 rings (SSSR count). The largest absolute Gasteiger partial charge is 0.326 e. The van der Waals surface area contributed by atoms with Crippen LogP contribution in [0.4, 0.5) is 5.69 Å². The lowest BCUT2D eigenvalue weighted by Gasteiger charge is -2.09. The number of rotatable bonds is 6. The molecule has 0 aromatic heterocycles. The molecule has 0 saturated heterocycles. The van der Waals surface area contributed by atoms with Crippen LogP contribution in [0.1, 0.15) is 32.3 Å². The maximum atomic E-state index is 12.1. The van der Waals surface area contributed by atoms with Crippen LogP contribution in [-0.4, -0.2) is 23.4 Å². The summed E-state index contributed by atoms with van der Waals surface area (Å²) in [6.07, 6.45) is 3.59. The second-order valence-electron chi connectivity index (χ2n) is 6.28. The topological polar surface area (TPSA) is 99.7 Å². The lowest BCUT2D eigenvalue weighted by atomic mass is 10.1. The van der Waals surface area contributed by atoms with Gasteiger partial charge < -0.3 is 10.6 Å². The van der Waals surface area contributed by atoms with Crippen molar-refractivity contribution in [1.82, 2.24) is 10.7 Å². The standard InChI is InChI=1S/C20H21ClN4O3/c1-12-10-16(21)6-9-18(12)23-19(27)11-13(2)24-25-20(28)15-4-7-17(8-5-15)22-14(3)26/h6-10H,4,11H2,1-3H3,(H,22,26)(H,23,27)(H,25,28)/b24-13+. The molecule has 1 aromatic carbocycles. The molecule has 7 nitrogen and oxygen atoms in total. The molecule has 0 bridgehead atoms. The monoisotopic (exact) mass is 400 g/mol. The van der Waals surface area contributed by atoms with Crippen LogP contribution in [0.25, 0.3) is 0 Å². The van der Waals surface area contributed by atoms with Gasteiger partial charge in [0.25, 0.3) is 5.91 Å². The molecule has 1 aromatic rings. The molecule has 28 heavy (non-hydrogen) atoms. The molecule has 1 aliphatic carbocycles. The van der Waals surface area contributed by atoms with Crippen LogP contribution in [0.5, 0.6) is 0 Å². The summed E-state index contributed by atoms with van der Waals surface area (Å²) in [5.74, 6) is -0.854. The van der Waals surface area contributed by atoms with Crippen molar-refractivity contribution in [3.05, 3.63) is 57.9 Å². The minimum atomic E-state index is -0.414. The summed E-state index contributed by atoms with van der Waals surface area (Å²) in [7, 11) is 0. The zero-order chi connectivity index (χ0) is 20.7. The first-order valence-corrected chi connectivity index (χ1v) is 8.95. The molecule has 0 aliphatic heterocycles. The van der Waals surface area contributed by atoms with E-state index in [9.17, 15) is 14.4 Å². The molecule has 146 valence electrons. The van der Waals surface area contributed by atoms with Crippen molar-refractivity contribution < 1.29 is 14.4 Å². The Labute approximate surface area is 168 Å². The highest BCUT2D eigenvalue weighted by Gasteiger charge is 2.12. The smallest absolute Gasteiger partial charge is 0.275 e. The normalized spacial score (nSPS) is 13.4. The first-order valence-electron chi connectivity index (χ1n) is 8.57. The second kappa shape index (κ2) is 9.69. The van der Waals surface area contributed by atoms with Gasteiger partial charge in [-0.15, -0.1) is 5.73 Å². The fourth-order valence-corrected chi connectivity index (χ4v) is 2.62. The highest BCUT2D eigenvalue weighted by atomic mass is 35.5. The SMILES string of the molecule is CC(=O)NC1=CCC(C(=O)N/N=C(\C)CC(=O)Nc2ccc(Cl)cc2C)=C=C1. The lowest BCUT2D eigenvalue weighted by molar-refractivity contribution is -0.118. The van der Waals surface area contributed by atoms with Crippen LogP contribution in [0.3, 0.4) is 0 Å². The van der Waals surface area contributed by atoms with E-state index in [0.717, 1.165) is 5.56 Å². The molecule has 3 amide bonds. The number of carbonyl (C=O) groups excluding carboxylic acids is 3. The van der Waals surface area contributed by atoms with Gasteiger partial charge >= 0.3 is 0 Å². The number of allylic oxidation sites excluding steroid dienone is 2. The van der Waals surface area contributed by atoms with Gasteiger partial charge in [-0.3, -0.25) is 14.4 Å². The average molecular weight is 401 g/mol. The number of amides is 3. The first kappa shape index (κ1) is 21.2. The molecular weight excluding hydrogens is 380 g/mol. The minimum absolute atomic E-state index is 0.0316. The third-order valence-electron chi connectivity index (χ3n) is 3.75. The van der Waals surface area contributed by atoms with Crippen molar-refractivity contribution in [1.29, 1.82) is 0 Å². The van der Waals surface area contributed by atoms with Crippen molar-refractivity contribution in [2.45, 2.75) is 33.6 Å². The van der Waals surface area contributed by atoms with E-state index in [1.54, 1.807) is 31.2 Å². The van der Waals surface area contributed by atoms with E-state index in [1.807, 2.05) is 6.92 Å². The maximum Gasteiger partial charge on any atom is 0.275 e. The molecule has 0 heterocycles. The van der Waals surface area contributed by atoms with E-state index in [2.05, 4.69) is 26.9 Å². The van der Waals surface area contributed by atoms with Crippen molar-refractivity contribution in [2.24, 2.45) is 5.10 Å². The summed E-state index contributed by atoms with van der Waals surface area (Å²) < 4.78 is 0. The Kier molecular flexibility index (Phi) is 7.32. The Hall–Kier alpha value is -3.15. The fraction of sp³-hybridized carbons (Fsp3) is 0.250. The number of nitrogens with zero attached hydrogens (tertiary/aromatic N) is 1. The highest BCUT2D eigenvalue weighted by Crippen LogP contribution is 2.19. The number of benzene rings is 1. The van der Waals surface area contributed by atoms with E-state index in [4.69, 9.17) is 11.6 Å². The van der Waals surface area contributed by atoms with Crippen molar-refractivity contribution in [2.75, 3.05) is 5.32 Å². The van der Waals surface area contributed by atoms with Crippen LogP contribution in [0, 0.1) is 6.92 Å². The molecule has 1 aliphatic rings. The van der Waals surface area contributed by atoms with E-state index >= 15 is 0 Å². The van der Waals surface area contributed by atoms with Crippen LogP contribution in [0.2, 0.25) is 5.02 Å². The van der Waals surface area contributed by atoms with Gasteiger partial charge in [0.2, 0.25) is 11.8 Å². The van der Waals surface area contributed by atoms with Gasteiger partial charge in [-0.2, -0.15) is 5.10 Å². The number of hydrogen-bond acceptors (Lipinski definition) is 4. The van der Waals surface area contributed by atoms with E-state index in [-0.39, 0.29) is 18.2 Å².